The molecule has 0 saturated heterocycles. The van der Waals surface area contributed by atoms with Crippen LogP contribution in [-0.4, -0.2) is 11.9 Å². The van der Waals surface area contributed by atoms with E-state index in [9.17, 15) is 0 Å². The third kappa shape index (κ3) is 12.9. The number of aryl methyl sites for hydroxylation is 4. The van der Waals surface area contributed by atoms with Crippen molar-refractivity contribution in [2.75, 3.05) is 0 Å². The van der Waals surface area contributed by atoms with Gasteiger partial charge in [-0.25, -0.2) is 0 Å². The molecule has 0 aliphatic rings. The molecule has 0 aromatic heterocycles. The minimum atomic E-state index is 0. The molecule has 0 heterocycles. The van der Waals surface area contributed by atoms with Crippen molar-refractivity contribution >= 4 is 23.3 Å². The molecular formula is C35H54N2Ni. The van der Waals surface area contributed by atoms with E-state index in [-0.39, 0.29) is 16.5 Å². The van der Waals surface area contributed by atoms with E-state index in [0.717, 1.165) is 42.8 Å². The summed E-state index contributed by atoms with van der Waals surface area (Å²) < 4.78 is 0. The van der Waals surface area contributed by atoms with Crippen molar-refractivity contribution in [3.63, 3.8) is 0 Å². The maximum absolute atomic E-state index is 5.13. The molecule has 0 saturated carbocycles. The molecule has 0 bridgehead atoms. The maximum Gasteiger partial charge on any atom is 0.0636 e. The first-order chi connectivity index (χ1) is 18.1. The topological polar surface area (TPSA) is 24.7 Å². The predicted octanol–water partition coefficient (Wildman–Crippen LogP) is 11.1. The van der Waals surface area contributed by atoms with Crippen molar-refractivity contribution in [1.29, 1.82) is 0 Å². The molecule has 0 aliphatic heterocycles. The third-order valence-corrected chi connectivity index (χ3v) is 7.25. The van der Waals surface area contributed by atoms with Gasteiger partial charge in [0.05, 0.1) is 17.1 Å². The summed E-state index contributed by atoms with van der Waals surface area (Å²) >= 11 is 0. The Morgan fingerprint density at radius 1 is 0.553 bits per heavy atom. The summed E-state index contributed by atoms with van der Waals surface area (Å²) in [6.45, 7) is 11.4. The average Bonchev–Trinajstić information content (AvgIpc) is 2.92. The maximum atomic E-state index is 5.13. The molecule has 0 aliphatic carbocycles. The average molecular weight is 562 g/mol. The first-order valence-electron chi connectivity index (χ1n) is 15.5. The van der Waals surface area contributed by atoms with Gasteiger partial charge in [-0.05, 0) is 111 Å². The molecule has 2 aromatic carbocycles. The number of nitrogens with zero attached hydrogens (tertiary/aromatic N) is 2. The van der Waals surface area contributed by atoms with Crippen LogP contribution in [0.1, 0.15) is 134 Å². The molecule has 0 atom stereocenters. The molecule has 0 N–H and O–H groups in total. The zero-order chi connectivity index (χ0) is 26.7. The first kappa shape index (κ1) is 34.3. The molecule has 2 rings (SSSR count). The van der Waals surface area contributed by atoms with Gasteiger partial charge in [-0.1, -0.05) is 85.3 Å². The predicted molar refractivity (Wildman–Crippen MR) is 167 cm³/mol. The first-order valence-corrected chi connectivity index (χ1v) is 15.5. The van der Waals surface area contributed by atoms with Gasteiger partial charge in [-0.3, -0.25) is 9.98 Å². The van der Waals surface area contributed by atoms with E-state index in [1.165, 1.54) is 99.3 Å². The van der Waals surface area contributed by atoms with Gasteiger partial charge in [-0.15, -0.1) is 0 Å². The molecule has 2 aromatic rings. The largest absolute Gasteiger partial charge is 0.255 e. The van der Waals surface area contributed by atoms with Gasteiger partial charge in [0.25, 0.3) is 0 Å². The summed E-state index contributed by atoms with van der Waals surface area (Å²) in [5, 5.41) is 0. The van der Waals surface area contributed by atoms with E-state index < -0.39 is 0 Å². The number of unbranched alkanes of at least 4 members (excludes halogenated alkanes) is 6. The van der Waals surface area contributed by atoms with E-state index in [1.54, 1.807) is 0 Å². The summed E-state index contributed by atoms with van der Waals surface area (Å²) in [7, 11) is 0. The van der Waals surface area contributed by atoms with Gasteiger partial charge in [0.15, 0.2) is 0 Å². The van der Waals surface area contributed by atoms with Crippen molar-refractivity contribution < 1.29 is 16.5 Å². The molecule has 38 heavy (non-hydrogen) atoms. The summed E-state index contributed by atoms with van der Waals surface area (Å²) in [6.07, 6.45) is 21.2. The Morgan fingerprint density at radius 3 is 1.50 bits per heavy atom. The zero-order valence-corrected chi connectivity index (χ0v) is 26.1. The van der Waals surface area contributed by atoms with Crippen LogP contribution in [-0.2, 0) is 42.2 Å². The van der Waals surface area contributed by atoms with Gasteiger partial charge < -0.3 is 0 Å². The van der Waals surface area contributed by atoms with Gasteiger partial charge in [0.2, 0.25) is 0 Å². The number of aliphatic imine (C=N–C) groups is 2. The Labute approximate surface area is 245 Å². The van der Waals surface area contributed by atoms with E-state index in [0.29, 0.717) is 0 Å². The van der Waals surface area contributed by atoms with Crippen LogP contribution in [0.3, 0.4) is 0 Å². The number of hydrogen-bond donors (Lipinski definition) is 0. The van der Waals surface area contributed by atoms with Crippen LogP contribution in [0.2, 0.25) is 0 Å². The zero-order valence-electron chi connectivity index (χ0n) is 25.1. The van der Waals surface area contributed by atoms with Gasteiger partial charge in [-0.2, -0.15) is 0 Å². The fourth-order valence-corrected chi connectivity index (χ4v) is 4.82. The van der Waals surface area contributed by atoms with Crippen LogP contribution in [0, 0.1) is 0 Å². The van der Waals surface area contributed by atoms with Crippen molar-refractivity contribution in [1.82, 2.24) is 0 Å². The van der Waals surface area contributed by atoms with Crippen LogP contribution < -0.4 is 0 Å². The Bertz CT molecular complexity index is 960. The normalized spacial score (nSPS) is 11.8. The standard InChI is InChI=1S/C35H54N2.Ni/c1-6-11-16-21-35(37-34-25-23-30(18-13-8-3)32(27-34)20-15-10-5)28-36-33-24-22-29(17-12-7-2)31(26-33)19-14-9-4;/h22-28H,6-21H2,1-5H3;. The van der Waals surface area contributed by atoms with Crippen molar-refractivity contribution in [3.8, 4) is 0 Å². The van der Waals surface area contributed by atoms with Crippen LogP contribution in [0.15, 0.2) is 46.4 Å². The Balaban J connectivity index is 0.00000722. The molecular weight excluding hydrogens is 507 g/mol. The van der Waals surface area contributed by atoms with E-state index in [4.69, 9.17) is 9.98 Å². The Hall–Kier alpha value is -1.73. The molecule has 214 valence electrons. The minimum absolute atomic E-state index is 0. The molecule has 0 amide bonds. The van der Waals surface area contributed by atoms with Crippen LogP contribution >= 0.6 is 0 Å². The van der Waals surface area contributed by atoms with Crippen LogP contribution in [0.4, 0.5) is 11.4 Å². The smallest absolute Gasteiger partial charge is 0.0636 e. The molecule has 0 radical (unpaired) electrons. The Kier molecular flexibility index (Phi) is 19.1. The SMILES string of the molecule is CCCCCC(C=Nc1ccc(CCCC)c(CCCC)c1)=Nc1ccc(CCCC)c(CCCC)c1.[Ni]. The van der Waals surface area contributed by atoms with Crippen molar-refractivity contribution in [3.05, 3.63) is 58.7 Å². The second-order valence-corrected chi connectivity index (χ2v) is 10.6. The molecule has 0 unspecified atom stereocenters. The summed E-state index contributed by atoms with van der Waals surface area (Å²) in [6, 6.07) is 13.7. The number of hydrogen-bond acceptors (Lipinski definition) is 2. The van der Waals surface area contributed by atoms with E-state index >= 15 is 0 Å². The van der Waals surface area contributed by atoms with Gasteiger partial charge in [0, 0.05) is 22.7 Å². The molecule has 0 spiro atoms. The van der Waals surface area contributed by atoms with Crippen molar-refractivity contribution in [2.45, 2.75) is 137 Å². The summed E-state index contributed by atoms with van der Waals surface area (Å²) in [4.78, 5) is 10.1. The van der Waals surface area contributed by atoms with E-state index in [2.05, 4.69) is 71.0 Å². The summed E-state index contributed by atoms with van der Waals surface area (Å²) in [5.74, 6) is 0. The Morgan fingerprint density at radius 2 is 1.00 bits per heavy atom. The minimum Gasteiger partial charge on any atom is -0.255 e. The monoisotopic (exact) mass is 560 g/mol. The molecule has 0 fully saturated rings. The molecule has 2 nitrogen and oxygen atoms in total. The van der Waals surface area contributed by atoms with Gasteiger partial charge >= 0.3 is 0 Å². The molecule has 3 heteroatoms. The van der Waals surface area contributed by atoms with Gasteiger partial charge in [0.1, 0.15) is 0 Å². The second kappa shape index (κ2) is 21.1. The third-order valence-electron chi connectivity index (χ3n) is 7.25. The number of rotatable bonds is 19. The van der Waals surface area contributed by atoms with Crippen molar-refractivity contribution in [2.24, 2.45) is 9.98 Å². The summed E-state index contributed by atoms with van der Waals surface area (Å²) in [5.41, 5.74) is 9.24. The van der Waals surface area contributed by atoms with Crippen LogP contribution in [0.25, 0.3) is 0 Å². The second-order valence-electron chi connectivity index (χ2n) is 10.6. The fourth-order valence-electron chi connectivity index (χ4n) is 4.82. The number of benzene rings is 2. The van der Waals surface area contributed by atoms with Crippen LogP contribution in [0.5, 0.6) is 0 Å². The van der Waals surface area contributed by atoms with E-state index in [1.807, 2.05) is 6.21 Å². The fraction of sp³-hybridized carbons (Fsp3) is 0.600. The quantitative estimate of drug-likeness (QED) is 0.0926.